The number of carbonyl (C=O) groups is 2. The summed E-state index contributed by atoms with van der Waals surface area (Å²) < 4.78 is 48.3. The molecule has 3 rings (SSSR count). The Morgan fingerprint density at radius 1 is 1.03 bits per heavy atom. The first-order chi connectivity index (χ1) is 18.6. The van der Waals surface area contributed by atoms with Crippen molar-refractivity contribution in [2.24, 2.45) is 0 Å². The van der Waals surface area contributed by atoms with E-state index >= 15 is 0 Å². The van der Waals surface area contributed by atoms with E-state index < -0.39 is 34.3 Å². The lowest BCUT2D eigenvalue weighted by molar-refractivity contribution is -0.139. The number of anilines is 1. The average Bonchev–Trinajstić information content (AvgIpc) is 2.91. The standard InChI is InChI=1S/C28H31BrFN3O5S/c1-4-31-28(35)20(3)32(18-21-7-6-8-22(29)17-21)27(34)19-33(24-11-13-25(14-12-24)38-5-2)39(36,37)26-15-9-23(30)10-16-26/h6-17,20H,4-5,18-19H2,1-3H3,(H,31,35). The summed E-state index contributed by atoms with van der Waals surface area (Å²) in [5, 5.41) is 2.72. The van der Waals surface area contributed by atoms with E-state index in [-0.39, 0.29) is 23.0 Å². The fourth-order valence-corrected chi connectivity index (χ4v) is 5.74. The lowest BCUT2D eigenvalue weighted by Gasteiger charge is -2.32. The number of nitrogens with one attached hydrogen (secondary N) is 1. The highest BCUT2D eigenvalue weighted by Gasteiger charge is 2.32. The van der Waals surface area contributed by atoms with Crippen molar-refractivity contribution >= 4 is 43.5 Å². The summed E-state index contributed by atoms with van der Waals surface area (Å²) in [4.78, 5) is 27.7. The summed E-state index contributed by atoms with van der Waals surface area (Å²) in [5.74, 6) is -1.01. The Morgan fingerprint density at radius 3 is 2.28 bits per heavy atom. The molecule has 0 aliphatic carbocycles. The number of amides is 2. The van der Waals surface area contributed by atoms with Crippen LogP contribution in [0.25, 0.3) is 0 Å². The van der Waals surface area contributed by atoms with Crippen molar-refractivity contribution in [3.8, 4) is 5.75 Å². The van der Waals surface area contributed by atoms with Crippen LogP contribution in [0.15, 0.2) is 82.2 Å². The van der Waals surface area contributed by atoms with Crippen LogP contribution in [0.1, 0.15) is 26.3 Å². The van der Waals surface area contributed by atoms with E-state index in [1.54, 1.807) is 26.0 Å². The van der Waals surface area contributed by atoms with E-state index in [1.807, 2.05) is 31.2 Å². The van der Waals surface area contributed by atoms with Gasteiger partial charge in [0.15, 0.2) is 0 Å². The van der Waals surface area contributed by atoms with Crippen LogP contribution in [0.5, 0.6) is 5.75 Å². The molecule has 1 unspecified atom stereocenters. The van der Waals surface area contributed by atoms with E-state index in [1.165, 1.54) is 17.0 Å². The Hall–Kier alpha value is -3.44. The summed E-state index contributed by atoms with van der Waals surface area (Å²) in [5.41, 5.74) is 0.965. The topological polar surface area (TPSA) is 96.0 Å². The highest BCUT2D eigenvalue weighted by atomic mass is 79.9. The minimum atomic E-state index is -4.29. The molecule has 8 nitrogen and oxygen atoms in total. The van der Waals surface area contributed by atoms with E-state index in [0.29, 0.717) is 18.9 Å². The molecule has 2 amide bonds. The molecule has 11 heteroatoms. The molecule has 3 aromatic carbocycles. The van der Waals surface area contributed by atoms with Gasteiger partial charge in [-0.3, -0.25) is 13.9 Å². The molecule has 0 aromatic heterocycles. The summed E-state index contributed by atoms with van der Waals surface area (Å²) in [7, 11) is -4.29. The monoisotopic (exact) mass is 619 g/mol. The van der Waals surface area contributed by atoms with Crippen molar-refractivity contribution in [2.75, 3.05) is 24.0 Å². The SMILES string of the molecule is CCNC(=O)C(C)N(Cc1cccc(Br)c1)C(=O)CN(c1ccc(OCC)cc1)S(=O)(=O)c1ccc(F)cc1. The largest absolute Gasteiger partial charge is 0.494 e. The highest BCUT2D eigenvalue weighted by molar-refractivity contribution is 9.10. The first kappa shape index (κ1) is 30.1. The minimum Gasteiger partial charge on any atom is -0.494 e. The van der Waals surface area contributed by atoms with Crippen LogP contribution >= 0.6 is 15.9 Å². The summed E-state index contributed by atoms with van der Waals surface area (Å²) >= 11 is 3.42. The highest BCUT2D eigenvalue weighted by Crippen LogP contribution is 2.27. The molecule has 39 heavy (non-hydrogen) atoms. The lowest BCUT2D eigenvalue weighted by Crippen LogP contribution is -2.51. The fourth-order valence-electron chi connectivity index (χ4n) is 3.87. The Balaban J connectivity index is 2.03. The second-order valence-corrected chi connectivity index (χ2v) is 11.4. The number of rotatable bonds is 12. The van der Waals surface area contributed by atoms with Crippen LogP contribution in [-0.2, 0) is 26.2 Å². The molecule has 0 saturated carbocycles. The van der Waals surface area contributed by atoms with Crippen molar-refractivity contribution < 1.29 is 27.1 Å². The van der Waals surface area contributed by atoms with Crippen molar-refractivity contribution in [1.29, 1.82) is 0 Å². The van der Waals surface area contributed by atoms with Gasteiger partial charge in [0, 0.05) is 17.6 Å². The molecule has 1 N–H and O–H groups in total. The van der Waals surface area contributed by atoms with Gasteiger partial charge in [-0.2, -0.15) is 0 Å². The molecule has 1 atom stereocenters. The zero-order valence-electron chi connectivity index (χ0n) is 21.9. The summed E-state index contributed by atoms with van der Waals surface area (Å²) in [6, 6.07) is 17.1. The number of benzene rings is 3. The van der Waals surface area contributed by atoms with Crippen LogP contribution in [0, 0.1) is 5.82 Å². The zero-order valence-corrected chi connectivity index (χ0v) is 24.3. The Kier molecular flexibility index (Phi) is 10.5. The number of sulfonamides is 1. The van der Waals surface area contributed by atoms with E-state index in [9.17, 15) is 22.4 Å². The van der Waals surface area contributed by atoms with Crippen molar-refractivity contribution in [3.05, 3.63) is 88.6 Å². The number of ether oxygens (including phenoxy) is 1. The normalized spacial score (nSPS) is 11.9. The summed E-state index contributed by atoms with van der Waals surface area (Å²) in [6.07, 6.45) is 0. The van der Waals surface area contributed by atoms with Crippen LogP contribution in [0.4, 0.5) is 10.1 Å². The third kappa shape index (κ3) is 7.79. The Labute approximate surface area is 236 Å². The molecule has 3 aromatic rings. The predicted octanol–water partition coefficient (Wildman–Crippen LogP) is 4.74. The smallest absolute Gasteiger partial charge is 0.264 e. The number of hydrogen-bond donors (Lipinski definition) is 1. The quantitative estimate of drug-likeness (QED) is 0.316. The fraction of sp³-hybridized carbons (Fsp3) is 0.286. The Bertz CT molecular complexity index is 1390. The van der Waals surface area contributed by atoms with Gasteiger partial charge in [0.1, 0.15) is 24.2 Å². The summed E-state index contributed by atoms with van der Waals surface area (Å²) in [6.45, 7) is 5.48. The number of likely N-dealkylation sites (N-methyl/N-ethyl adjacent to an activating group) is 1. The van der Waals surface area contributed by atoms with Gasteiger partial charge in [-0.1, -0.05) is 28.1 Å². The predicted molar refractivity (Wildman–Crippen MR) is 151 cm³/mol. The van der Waals surface area contributed by atoms with Crippen molar-refractivity contribution in [1.82, 2.24) is 10.2 Å². The first-order valence-electron chi connectivity index (χ1n) is 12.4. The van der Waals surface area contributed by atoms with E-state index in [2.05, 4.69) is 21.2 Å². The van der Waals surface area contributed by atoms with Gasteiger partial charge in [0.25, 0.3) is 10.0 Å². The average molecular weight is 621 g/mol. The molecule has 0 fully saturated rings. The van der Waals surface area contributed by atoms with Gasteiger partial charge in [0.2, 0.25) is 11.8 Å². The second-order valence-electron chi connectivity index (χ2n) is 8.61. The van der Waals surface area contributed by atoms with Crippen LogP contribution in [0.3, 0.4) is 0 Å². The minimum absolute atomic E-state index is 0.0737. The third-order valence-electron chi connectivity index (χ3n) is 5.88. The van der Waals surface area contributed by atoms with Gasteiger partial charge in [-0.05, 0) is 87.0 Å². The van der Waals surface area contributed by atoms with E-state index in [0.717, 1.165) is 38.6 Å². The number of nitrogens with zero attached hydrogens (tertiary/aromatic N) is 2. The zero-order chi connectivity index (χ0) is 28.6. The van der Waals surface area contributed by atoms with Gasteiger partial charge in [-0.25, -0.2) is 12.8 Å². The third-order valence-corrected chi connectivity index (χ3v) is 8.16. The van der Waals surface area contributed by atoms with E-state index in [4.69, 9.17) is 4.74 Å². The van der Waals surface area contributed by atoms with Crippen LogP contribution < -0.4 is 14.4 Å². The van der Waals surface area contributed by atoms with Crippen molar-refractivity contribution in [3.63, 3.8) is 0 Å². The maximum atomic E-state index is 13.8. The van der Waals surface area contributed by atoms with Gasteiger partial charge in [-0.15, -0.1) is 0 Å². The van der Waals surface area contributed by atoms with Gasteiger partial charge >= 0.3 is 0 Å². The number of carbonyl (C=O) groups excluding carboxylic acids is 2. The molecule has 0 saturated heterocycles. The molecule has 0 radical (unpaired) electrons. The molecule has 0 bridgehead atoms. The van der Waals surface area contributed by atoms with Crippen molar-refractivity contribution in [2.45, 2.75) is 38.3 Å². The maximum Gasteiger partial charge on any atom is 0.264 e. The maximum absolute atomic E-state index is 13.8. The molecule has 0 heterocycles. The molecular formula is C28H31BrFN3O5S. The van der Waals surface area contributed by atoms with Gasteiger partial charge in [0.05, 0.1) is 17.2 Å². The molecule has 0 aliphatic heterocycles. The van der Waals surface area contributed by atoms with Crippen LogP contribution in [-0.4, -0.2) is 50.9 Å². The van der Waals surface area contributed by atoms with Crippen LogP contribution in [0.2, 0.25) is 0 Å². The Morgan fingerprint density at radius 2 is 1.69 bits per heavy atom. The molecule has 0 aliphatic rings. The lowest BCUT2D eigenvalue weighted by atomic mass is 10.1. The second kappa shape index (κ2) is 13.6. The molecular weight excluding hydrogens is 589 g/mol. The number of halogens is 2. The first-order valence-corrected chi connectivity index (χ1v) is 14.6. The number of hydrogen-bond acceptors (Lipinski definition) is 5. The molecule has 208 valence electrons. The molecule has 0 spiro atoms. The van der Waals surface area contributed by atoms with Gasteiger partial charge < -0.3 is 15.0 Å².